The quantitative estimate of drug-likeness (QED) is 0.805. The highest BCUT2D eigenvalue weighted by Crippen LogP contribution is 2.42. The molecule has 2 N–H and O–H groups in total. The number of hydrogen-bond donors (Lipinski definition) is 1. The molecule has 1 aliphatic heterocycles. The first kappa shape index (κ1) is 13.8. The van der Waals surface area contributed by atoms with Crippen LogP contribution in [0.2, 0.25) is 0 Å². The predicted molar refractivity (Wildman–Crippen MR) is 93.1 cm³/mol. The number of pyridine rings is 1. The fourth-order valence-corrected chi connectivity index (χ4v) is 3.74. The van der Waals surface area contributed by atoms with Gasteiger partial charge in [-0.05, 0) is 36.3 Å². The second-order valence-corrected chi connectivity index (χ2v) is 7.00. The van der Waals surface area contributed by atoms with Gasteiger partial charge >= 0.3 is 0 Å². The van der Waals surface area contributed by atoms with Crippen molar-refractivity contribution in [3.63, 3.8) is 0 Å². The van der Waals surface area contributed by atoms with Crippen LogP contribution in [0.25, 0.3) is 17.1 Å². The monoisotopic (exact) mass is 320 g/mol. The van der Waals surface area contributed by atoms with E-state index in [0.29, 0.717) is 18.3 Å². The Morgan fingerprint density at radius 2 is 2.21 bits per heavy atom. The van der Waals surface area contributed by atoms with Crippen molar-refractivity contribution in [2.75, 3.05) is 5.73 Å². The summed E-state index contributed by atoms with van der Waals surface area (Å²) in [6, 6.07) is 1.95. The lowest BCUT2D eigenvalue weighted by Gasteiger charge is -2.21. The highest BCUT2D eigenvalue weighted by molar-refractivity contribution is 5.87. The molecular weight excluding hydrogens is 300 g/mol. The highest BCUT2D eigenvalue weighted by atomic mass is 15.3. The molecule has 0 amide bonds. The summed E-state index contributed by atoms with van der Waals surface area (Å²) in [4.78, 5) is 8.95. The van der Waals surface area contributed by atoms with Crippen LogP contribution in [0.3, 0.4) is 0 Å². The standard InChI is InChI=1S/C18H20N6/c1-11-6-17-22-13(8-23(17)10-15(11)12-2-3-12)9-24-16-4-5-20-18(19)14(16)7-21-24/h4-5,7-8,10-12H,2-3,6,9H2,1H3,(H2,19,20). The van der Waals surface area contributed by atoms with Gasteiger partial charge in [-0.3, -0.25) is 4.68 Å². The molecule has 1 unspecified atom stereocenters. The average molecular weight is 320 g/mol. The van der Waals surface area contributed by atoms with Crippen LogP contribution >= 0.6 is 0 Å². The number of nitrogens with two attached hydrogens (primary N) is 1. The van der Waals surface area contributed by atoms with Gasteiger partial charge < -0.3 is 10.3 Å². The number of hydrogen-bond acceptors (Lipinski definition) is 4. The van der Waals surface area contributed by atoms with E-state index in [2.05, 4.69) is 34.0 Å². The Labute approximate surface area is 140 Å². The van der Waals surface area contributed by atoms with E-state index in [0.717, 1.165) is 34.8 Å². The Morgan fingerprint density at radius 1 is 1.33 bits per heavy atom. The third-order valence-corrected chi connectivity index (χ3v) is 5.17. The van der Waals surface area contributed by atoms with Gasteiger partial charge in [0.25, 0.3) is 0 Å². The summed E-state index contributed by atoms with van der Waals surface area (Å²) < 4.78 is 4.15. The lowest BCUT2D eigenvalue weighted by Crippen LogP contribution is -2.15. The Kier molecular flexibility index (Phi) is 2.83. The first-order chi connectivity index (χ1) is 11.7. The Balaban J connectivity index is 1.48. The van der Waals surface area contributed by atoms with Gasteiger partial charge in [-0.15, -0.1) is 0 Å². The molecule has 6 heteroatoms. The molecule has 0 bridgehead atoms. The maximum Gasteiger partial charge on any atom is 0.134 e. The second-order valence-electron chi connectivity index (χ2n) is 7.00. The van der Waals surface area contributed by atoms with Crippen LogP contribution in [0.5, 0.6) is 0 Å². The summed E-state index contributed by atoms with van der Waals surface area (Å²) >= 11 is 0. The van der Waals surface area contributed by atoms with Gasteiger partial charge in [-0.1, -0.05) is 6.92 Å². The SMILES string of the molecule is CC1Cc2nc(Cn3ncc4c(N)nccc43)cn2C=C1C1CC1. The molecule has 3 aromatic heterocycles. The largest absolute Gasteiger partial charge is 0.383 e. The summed E-state index contributed by atoms with van der Waals surface area (Å²) in [6.45, 7) is 2.97. The van der Waals surface area contributed by atoms with E-state index < -0.39 is 0 Å². The smallest absolute Gasteiger partial charge is 0.134 e. The van der Waals surface area contributed by atoms with Crippen LogP contribution in [-0.2, 0) is 13.0 Å². The van der Waals surface area contributed by atoms with E-state index in [-0.39, 0.29) is 0 Å². The molecule has 122 valence electrons. The van der Waals surface area contributed by atoms with E-state index in [9.17, 15) is 0 Å². The van der Waals surface area contributed by atoms with Gasteiger partial charge in [0.2, 0.25) is 0 Å². The number of allylic oxidation sites excluding steroid dienone is 1. The van der Waals surface area contributed by atoms with Gasteiger partial charge in [0.15, 0.2) is 0 Å². The van der Waals surface area contributed by atoms with E-state index in [4.69, 9.17) is 10.7 Å². The summed E-state index contributed by atoms with van der Waals surface area (Å²) in [5.41, 5.74) is 9.54. The third kappa shape index (κ3) is 2.13. The van der Waals surface area contributed by atoms with E-state index in [1.807, 2.05) is 10.7 Å². The van der Waals surface area contributed by atoms with Crippen molar-refractivity contribution < 1.29 is 0 Å². The Hall–Kier alpha value is -2.63. The highest BCUT2D eigenvalue weighted by Gasteiger charge is 2.32. The molecule has 1 aliphatic carbocycles. The Morgan fingerprint density at radius 3 is 3.04 bits per heavy atom. The van der Waals surface area contributed by atoms with Crippen molar-refractivity contribution >= 4 is 22.9 Å². The molecule has 1 saturated carbocycles. The molecule has 0 aromatic carbocycles. The zero-order valence-electron chi connectivity index (χ0n) is 13.7. The first-order valence-corrected chi connectivity index (χ1v) is 8.53. The van der Waals surface area contributed by atoms with Crippen molar-refractivity contribution in [3.05, 3.63) is 41.7 Å². The Bertz CT molecular complexity index is 959. The van der Waals surface area contributed by atoms with Crippen LogP contribution in [0.1, 0.15) is 31.3 Å². The molecule has 4 heterocycles. The van der Waals surface area contributed by atoms with Gasteiger partial charge in [-0.25, -0.2) is 9.97 Å². The summed E-state index contributed by atoms with van der Waals surface area (Å²) in [6.07, 6.45) is 11.7. The van der Waals surface area contributed by atoms with Crippen molar-refractivity contribution in [2.45, 2.75) is 32.7 Å². The van der Waals surface area contributed by atoms with Gasteiger partial charge in [-0.2, -0.15) is 5.10 Å². The minimum atomic E-state index is 0.522. The normalized spacial score (nSPS) is 20.2. The molecule has 3 aromatic rings. The molecule has 2 aliphatic rings. The van der Waals surface area contributed by atoms with Crippen LogP contribution in [0.4, 0.5) is 5.82 Å². The first-order valence-electron chi connectivity index (χ1n) is 8.53. The number of rotatable bonds is 3. The molecule has 1 fully saturated rings. The topological polar surface area (TPSA) is 74.6 Å². The van der Waals surface area contributed by atoms with Gasteiger partial charge in [0.05, 0.1) is 29.3 Å². The number of nitrogen functional groups attached to an aromatic ring is 1. The number of aromatic nitrogens is 5. The minimum absolute atomic E-state index is 0.522. The van der Waals surface area contributed by atoms with Crippen LogP contribution in [0, 0.1) is 11.8 Å². The molecule has 6 nitrogen and oxygen atoms in total. The molecule has 0 radical (unpaired) electrons. The lowest BCUT2D eigenvalue weighted by molar-refractivity contribution is 0.589. The second kappa shape index (κ2) is 4.93. The number of anilines is 1. The van der Waals surface area contributed by atoms with Crippen molar-refractivity contribution in [1.82, 2.24) is 24.3 Å². The maximum atomic E-state index is 5.92. The van der Waals surface area contributed by atoms with E-state index >= 15 is 0 Å². The van der Waals surface area contributed by atoms with Gasteiger partial charge in [0, 0.05) is 25.0 Å². The van der Waals surface area contributed by atoms with Crippen molar-refractivity contribution in [2.24, 2.45) is 11.8 Å². The molecule has 0 saturated heterocycles. The zero-order chi connectivity index (χ0) is 16.3. The summed E-state index contributed by atoms with van der Waals surface area (Å²) in [7, 11) is 0. The summed E-state index contributed by atoms with van der Waals surface area (Å²) in [5.74, 6) is 3.09. The van der Waals surface area contributed by atoms with Gasteiger partial charge in [0.1, 0.15) is 11.6 Å². The van der Waals surface area contributed by atoms with E-state index in [1.165, 1.54) is 12.8 Å². The van der Waals surface area contributed by atoms with Crippen molar-refractivity contribution in [1.29, 1.82) is 0 Å². The van der Waals surface area contributed by atoms with Crippen LogP contribution < -0.4 is 5.73 Å². The van der Waals surface area contributed by atoms with Crippen LogP contribution in [-0.4, -0.2) is 24.3 Å². The number of fused-ring (bicyclic) bond motifs is 2. The maximum absolute atomic E-state index is 5.92. The molecule has 24 heavy (non-hydrogen) atoms. The fourth-order valence-electron chi connectivity index (χ4n) is 3.74. The average Bonchev–Trinajstić information content (AvgIpc) is 3.21. The van der Waals surface area contributed by atoms with Crippen LogP contribution in [0.15, 0.2) is 30.2 Å². The summed E-state index contributed by atoms with van der Waals surface area (Å²) in [5, 5.41) is 5.35. The number of nitrogens with zero attached hydrogens (tertiary/aromatic N) is 5. The third-order valence-electron chi connectivity index (χ3n) is 5.17. The fraction of sp³-hybridized carbons (Fsp3) is 0.389. The molecular formula is C18H20N6. The lowest BCUT2D eigenvalue weighted by atomic mass is 9.92. The minimum Gasteiger partial charge on any atom is -0.383 e. The zero-order valence-corrected chi connectivity index (χ0v) is 13.7. The molecule has 0 spiro atoms. The molecule has 1 atom stereocenters. The molecule has 5 rings (SSSR count). The number of imidazole rings is 1. The van der Waals surface area contributed by atoms with E-state index in [1.54, 1.807) is 18.0 Å². The van der Waals surface area contributed by atoms with Crippen molar-refractivity contribution in [3.8, 4) is 0 Å². The predicted octanol–water partition coefficient (Wildman–Crippen LogP) is 2.70.